The molecule has 0 radical (unpaired) electrons. The Balaban J connectivity index is 1.97. The summed E-state index contributed by atoms with van der Waals surface area (Å²) in [5.74, 6) is -0.0886. The summed E-state index contributed by atoms with van der Waals surface area (Å²) in [6.07, 6.45) is 4.46. The lowest BCUT2D eigenvalue weighted by Gasteiger charge is -1.91. The summed E-state index contributed by atoms with van der Waals surface area (Å²) in [6.45, 7) is 0. The van der Waals surface area contributed by atoms with Crippen molar-refractivity contribution in [3.63, 3.8) is 0 Å². The normalized spacial score (nSPS) is 12.3. The number of aromatic amines is 1. The third-order valence-corrected chi connectivity index (χ3v) is 4.01. The zero-order valence-electron chi connectivity index (χ0n) is 11.8. The van der Waals surface area contributed by atoms with E-state index in [-0.39, 0.29) is 17.1 Å². The number of thiazole rings is 1. The monoisotopic (exact) mass is 322 g/mol. The molecule has 0 aliphatic carbocycles. The number of furan rings is 1. The Kier molecular flexibility index (Phi) is 4.04. The first kappa shape index (κ1) is 14.8. The quantitative estimate of drug-likeness (QED) is 0.738. The van der Waals surface area contributed by atoms with Gasteiger partial charge in [0.2, 0.25) is 5.78 Å². The number of nitrogens with zero attached hydrogens (tertiary/aromatic N) is 1. The van der Waals surface area contributed by atoms with E-state index in [9.17, 15) is 9.59 Å². The highest BCUT2D eigenvalue weighted by Gasteiger charge is 2.05. The van der Waals surface area contributed by atoms with Crippen LogP contribution in [0.25, 0.3) is 12.2 Å². The number of H-pyrrole nitrogens is 1. The first-order chi connectivity index (χ1) is 11.2. The Morgan fingerprint density at radius 2 is 2.04 bits per heavy atom. The Labute approximate surface area is 134 Å². The number of benzene rings is 1. The molecule has 0 atom stereocenters. The van der Waals surface area contributed by atoms with Gasteiger partial charge in [-0.2, -0.15) is 5.26 Å². The third kappa shape index (κ3) is 3.36. The Morgan fingerprint density at radius 3 is 2.70 bits per heavy atom. The molecular formula is C17H10N2O3S. The van der Waals surface area contributed by atoms with Gasteiger partial charge in [-0.15, -0.1) is 11.3 Å². The Bertz CT molecular complexity index is 1050. The summed E-state index contributed by atoms with van der Waals surface area (Å²) < 4.78 is 5.95. The van der Waals surface area contributed by atoms with Gasteiger partial charge in [-0.05, 0) is 35.9 Å². The van der Waals surface area contributed by atoms with Crippen LogP contribution in [0.5, 0.6) is 0 Å². The number of ketones is 1. The molecule has 0 aliphatic heterocycles. The van der Waals surface area contributed by atoms with E-state index in [0.717, 1.165) is 5.56 Å². The van der Waals surface area contributed by atoms with Gasteiger partial charge in [0.1, 0.15) is 0 Å². The molecule has 3 rings (SSSR count). The standard InChI is InChI=1S/C17H10N2O3S/c18-10-12-5-3-11(4-6-12)8-15-17(21)19-16(23-15)9-13(20)14-2-1-7-22-14/h1-9H,(H,19,21)/b15-8+,16-9+. The van der Waals surface area contributed by atoms with Crippen LogP contribution in [0, 0.1) is 11.3 Å². The predicted molar refractivity (Wildman–Crippen MR) is 86.4 cm³/mol. The molecule has 2 heterocycles. The fraction of sp³-hybridized carbons (Fsp3) is 0. The van der Waals surface area contributed by atoms with Crippen LogP contribution in [0.15, 0.2) is 51.9 Å². The minimum atomic E-state index is -0.308. The molecule has 23 heavy (non-hydrogen) atoms. The Morgan fingerprint density at radius 1 is 1.26 bits per heavy atom. The minimum Gasteiger partial charge on any atom is -0.461 e. The number of nitrogens with one attached hydrogen (secondary N) is 1. The van der Waals surface area contributed by atoms with Crippen molar-refractivity contribution in [2.24, 2.45) is 0 Å². The first-order valence-electron chi connectivity index (χ1n) is 6.66. The topological polar surface area (TPSA) is 86.9 Å². The van der Waals surface area contributed by atoms with Crippen molar-refractivity contribution < 1.29 is 9.21 Å². The van der Waals surface area contributed by atoms with Gasteiger partial charge in [0.25, 0.3) is 5.56 Å². The fourth-order valence-electron chi connectivity index (χ4n) is 1.94. The van der Waals surface area contributed by atoms with Crippen LogP contribution in [0.4, 0.5) is 0 Å². The van der Waals surface area contributed by atoms with Crippen molar-refractivity contribution in [2.45, 2.75) is 0 Å². The number of Topliss-reactive ketones (excluding diaryl/α,β-unsaturated/α-hetero) is 1. The van der Waals surface area contributed by atoms with Crippen LogP contribution in [-0.4, -0.2) is 10.8 Å². The summed E-state index contributed by atoms with van der Waals surface area (Å²) >= 11 is 1.18. The van der Waals surface area contributed by atoms with Gasteiger partial charge in [0.15, 0.2) is 5.76 Å². The molecule has 112 valence electrons. The average molecular weight is 322 g/mol. The molecule has 0 aliphatic rings. The van der Waals surface area contributed by atoms with Gasteiger partial charge in [-0.25, -0.2) is 0 Å². The molecule has 0 unspecified atom stereocenters. The maximum absolute atomic E-state index is 12.0. The molecule has 0 fully saturated rings. The summed E-state index contributed by atoms with van der Waals surface area (Å²) in [5.41, 5.74) is 1.10. The lowest BCUT2D eigenvalue weighted by atomic mass is 10.1. The van der Waals surface area contributed by atoms with E-state index < -0.39 is 0 Å². The maximum atomic E-state index is 12.0. The van der Waals surface area contributed by atoms with E-state index in [2.05, 4.69) is 4.98 Å². The molecule has 0 amide bonds. The van der Waals surface area contributed by atoms with Crippen molar-refractivity contribution >= 4 is 29.3 Å². The van der Waals surface area contributed by atoms with E-state index in [1.165, 1.54) is 23.7 Å². The van der Waals surface area contributed by atoms with Crippen LogP contribution in [-0.2, 0) is 0 Å². The number of aromatic nitrogens is 1. The molecule has 2 aromatic heterocycles. The van der Waals surface area contributed by atoms with Gasteiger partial charge >= 0.3 is 0 Å². The maximum Gasteiger partial charge on any atom is 0.266 e. The summed E-state index contributed by atoms with van der Waals surface area (Å²) in [7, 11) is 0. The molecule has 5 nitrogen and oxygen atoms in total. The van der Waals surface area contributed by atoms with Crippen LogP contribution in [0.2, 0.25) is 0 Å². The van der Waals surface area contributed by atoms with Gasteiger partial charge < -0.3 is 9.40 Å². The summed E-state index contributed by atoms with van der Waals surface area (Å²) in [6, 6.07) is 12.1. The van der Waals surface area contributed by atoms with Gasteiger partial charge in [-0.3, -0.25) is 9.59 Å². The minimum absolute atomic E-state index is 0.219. The highest BCUT2D eigenvalue weighted by molar-refractivity contribution is 7.07. The highest BCUT2D eigenvalue weighted by atomic mass is 32.1. The van der Waals surface area contributed by atoms with Gasteiger partial charge in [0.05, 0.1) is 27.1 Å². The number of carbonyl (C=O) groups is 1. The van der Waals surface area contributed by atoms with Crippen molar-refractivity contribution in [1.29, 1.82) is 5.26 Å². The van der Waals surface area contributed by atoms with E-state index >= 15 is 0 Å². The molecule has 6 heteroatoms. The van der Waals surface area contributed by atoms with E-state index in [0.29, 0.717) is 14.8 Å². The zero-order chi connectivity index (χ0) is 16.2. The van der Waals surface area contributed by atoms with Crippen LogP contribution >= 0.6 is 11.3 Å². The molecule has 3 aromatic rings. The molecule has 1 aromatic carbocycles. The van der Waals surface area contributed by atoms with E-state index in [4.69, 9.17) is 9.68 Å². The first-order valence-corrected chi connectivity index (χ1v) is 7.48. The van der Waals surface area contributed by atoms with Crippen molar-refractivity contribution in [1.82, 2.24) is 4.98 Å². The average Bonchev–Trinajstić information content (AvgIpc) is 3.19. The molecule has 0 spiro atoms. The van der Waals surface area contributed by atoms with E-state index in [1.807, 2.05) is 6.07 Å². The van der Waals surface area contributed by atoms with Crippen LogP contribution in [0.1, 0.15) is 21.7 Å². The lowest BCUT2D eigenvalue weighted by molar-refractivity contribution is 0.103. The summed E-state index contributed by atoms with van der Waals surface area (Å²) in [5, 5.41) is 8.77. The van der Waals surface area contributed by atoms with E-state index in [1.54, 1.807) is 42.5 Å². The number of carbonyl (C=O) groups excluding carboxylic acids is 1. The Hall–Kier alpha value is -3.17. The SMILES string of the molecule is N#Cc1ccc(/C=c2/s/c(=C/C(=O)c3ccco3)[nH]c2=O)cc1. The van der Waals surface area contributed by atoms with Crippen molar-refractivity contribution in [3.05, 3.63) is 79.1 Å². The van der Waals surface area contributed by atoms with Crippen molar-refractivity contribution in [2.75, 3.05) is 0 Å². The highest BCUT2D eigenvalue weighted by Crippen LogP contribution is 2.04. The molecule has 0 saturated carbocycles. The summed E-state index contributed by atoms with van der Waals surface area (Å²) in [4.78, 5) is 26.5. The van der Waals surface area contributed by atoms with Gasteiger partial charge in [0, 0.05) is 6.08 Å². The second-order valence-corrected chi connectivity index (χ2v) is 5.73. The smallest absolute Gasteiger partial charge is 0.266 e. The second kappa shape index (κ2) is 6.30. The lowest BCUT2D eigenvalue weighted by Crippen LogP contribution is -2.19. The number of hydrogen-bond acceptors (Lipinski definition) is 5. The molecule has 1 N–H and O–H groups in total. The van der Waals surface area contributed by atoms with Crippen LogP contribution in [0.3, 0.4) is 0 Å². The van der Waals surface area contributed by atoms with Gasteiger partial charge in [-0.1, -0.05) is 12.1 Å². The number of nitriles is 1. The molecular weight excluding hydrogens is 312 g/mol. The largest absolute Gasteiger partial charge is 0.461 e. The fourth-order valence-corrected chi connectivity index (χ4v) is 2.82. The number of rotatable bonds is 3. The zero-order valence-corrected chi connectivity index (χ0v) is 12.6. The molecule has 0 bridgehead atoms. The van der Waals surface area contributed by atoms with Crippen LogP contribution < -0.4 is 14.8 Å². The van der Waals surface area contributed by atoms with Crippen molar-refractivity contribution in [3.8, 4) is 6.07 Å². The molecule has 0 saturated heterocycles. The predicted octanol–water partition coefficient (Wildman–Crippen LogP) is 1.39. The third-order valence-electron chi connectivity index (χ3n) is 3.04. The number of hydrogen-bond donors (Lipinski definition) is 1. The second-order valence-electron chi connectivity index (χ2n) is 4.65.